The second-order valence-electron chi connectivity index (χ2n) is 4.11. The number of benzene rings is 1. The van der Waals surface area contributed by atoms with E-state index in [0.717, 1.165) is 29.1 Å². The minimum absolute atomic E-state index is 0.190. The third-order valence-electron chi connectivity index (χ3n) is 2.62. The fourth-order valence-electron chi connectivity index (χ4n) is 1.88. The first-order valence-electron chi connectivity index (χ1n) is 5.56. The molecule has 98 valence electrons. The Hall–Kier alpha value is -1.04. The van der Waals surface area contributed by atoms with Crippen molar-refractivity contribution in [2.75, 3.05) is 12.9 Å². The molecule has 1 aromatic carbocycles. The van der Waals surface area contributed by atoms with E-state index in [-0.39, 0.29) is 6.61 Å². The van der Waals surface area contributed by atoms with Gasteiger partial charge in [0.2, 0.25) is 0 Å². The average Bonchev–Trinajstić information content (AvgIpc) is 2.68. The van der Waals surface area contributed by atoms with Crippen molar-refractivity contribution in [3.63, 3.8) is 0 Å². The van der Waals surface area contributed by atoms with Crippen molar-refractivity contribution >= 4 is 32.6 Å². The molecule has 2 rings (SSSR count). The molecule has 18 heavy (non-hydrogen) atoms. The maximum Gasteiger partial charge on any atom is 0.264 e. The molecule has 1 N–H and O–H groups in total. The third-order valence-corrected chi connectivity index (χ3v) is 3.53. The molecule has 0 aliphatic rings. The van der Waals surface area contributed by atoms with E-state index in [4.69, 9.17) is 15.8 Å². The van der Waals surface area contributed by atoms with Crippen LogP contribution >= 0.6 is 11.6 Å². The van der Waals surface area contributed by atoms with Gasteiger partial charge in [0, 0.05) is 17.1 Å². The lowest BCUT2D eigenvalue weighted by molar-refractivity contribution is 0.316. The van der Waals surface area contributed by atoms with Crippen molar-refractivity contribution in [2.45, 2.75) is 12.8 Å². The monoisotopic (exact) mass is 287 g/mol. The number of hydrogen-bond acceptors (Lipinski definition) is 3. The summed E-state index contributed by atoms with van der Waals surface area (Å²) in [5.74, 6) is 0. The van der Waals surface area contributed by atoms with Crippen molar-refractivity contribution in [1.29, 1.82) is 0 Å². The Morgan fingerprint density at radius 1 is 1.39 bits per heavy atom. The Balaban J connectivity index is 2.04. The zero-order valence-corrected chi connectivity index (χ0v) is 11.5. The summed E-state index contributed by atoms with van der Waals surface area (Å²) in [6.07, 6.45) is 4.30. The van der Waals surface area contributed by atoms with Gasteiger partial charge < -0.3 is 4.98 Å². The Kier molecular flexibility index (Phi) is 3.94. The van der Waals surface area contributed by atoms with Gasteiger partial charge in [0.15, 0.2) is 0 Å². The van der Waals surface area contributed by atoms with E-state index in [2.05, 4.69) is 4.98 Å². The van der Waals surface area contributed by atoms with E-state index in [1.54, 1.807) is 0 Å². The summed E-state index contributed by atoms with van der Waals surface area (Å²) in [5, 5.41) is 1.70. The molecular weight excluding hydrogens is 274 g/mol. The van der Waals surface area contributed by atoms with Gasteiger partial charge in [-0.3, -0.25) is 4.18 Å². The molecule has 0 unspecified atom stereocenters. The minimum Gasteiger partial charge on any atom is -0.361 e. The molecule has 0 bridgehead atoms. The van der Waals surface area contributed by atoms with Crippen LogP contribution in [0, 0.1) is 0 Å². The second-order valence-corrected chi connectivity index (χ2v) is 6.16. The second kappa shape index (κ2) is 5.30. The van der Waals surface area contributed by atoms with E-state index in [9.17, 15) is 8.42 Å². The predicted octanol–water partition coefficient (Wildman–Crippen LogP) is 2.73. The van der Waals surface area contributed by atoms with Gasteiger partial charge in [-0.15, -0.1) is 0 Å². The smallest absolute Gasteiger partial charge is 0.264 e. The standard InChI is InChI=1S/C12H14ClNO3S/c1-18(15,16)17-7-3-4-9-8-14-11-6-2-5-10(13)12(9)11/h2,5-6,8,14H,3-4,7H2,1H3. The summed E-state index contributed by atoms with van der Waals surface area (Å²) >= 11 is 6.14. The highest BCUT2D eigenvalue weighted by Crippen LogP contribution is 2.27. The van der Waals surface area contributed by atoms with E-state index < -0.39 is 10.1 Å². The fourth-order valence-corrected chi connectivity index (χ4v) is 2.59. The summed E-state index contributed by atoms with van der Waals surface area (Å²) in [6, 6.07) is 5.68. The molecule has 0 saturated heterocycles. The van der Waals surface area contributed by atoms with Gasteiger partial charge in [0.25, 0.3) is 10.1 Å². The first-order valence-corrected chi connectivity index (χ1v) is 7.76. The molecule has 4 nitrogen and oxygen atoms in total. The SMILES string of the molecule is CS(=O)(=O)OCCCc1c[nH]c2cccc(Cl)c12. The lowest BCUT2D eigenvalue weighted by Gasteiger charge is -2.02. The molecule has 6 heteroatoms. The Bertz CT molecular complexity index is 648. The van der Waals surface area contributed by atoms with Gasteiger partial charge in [-0.25, -0.2) is 0 Å². The van der Waals surface area contributed by atoms with Crippen LogP contribution in [0.3, 0.4) is 0 Å². The van der Waals surface area contributed by atoms with Crippen molar-refractivity contribution in [3.8, 4) is 0 Å². The lowest BCUT2D eigenvalue weighted by atomic mass is 10.1. The zero-order valence-electron chi connectivity index (χ0n) is 9.94. The maximum absolute atomic E-state index is 10.8. The van der Waals surface area contributed by atoms with Crippen LogP contribution in [-0.4, -0.2) is 26.3 Å². The van der Waals surface area contributed by atoms with Crippen LogP contribution in [0.2, 0.25) is 5.02 Å². The Morgan fingerprint density at radius 2 is 2.17 bits per heavy atom. The van der Waals surface area contributed by atoms with E-state index in [1.165, 1.54) is 0 Å². The lowest BCUT2D eigenvalue weighted by Crippen LogP contribution is -2.04. The zero-order chi connectivity index (χ0) is 13.2. The quantitative estimate of drug-likeness (QED) is 0.679. The van der Waals surface area contributed by atoms with Gasteiger partial charge in [0.05, 0.1) is 17.9 Å². The van der Waals surface area contributed by atoms with Crippen LogP contribution in [0.5, 0.6) is 0 Å². The number of halogens is 1. The third kappa shape index (κ3) is 3.25. The van der Waals surface area contributed by atoms with Gasteiger partial charge in [0.1, 0.15) is 0 Å². The predicted molar refractivity (Wildman–Crippen MR) is 72.4 cm³/mol. The summed E-state index contributed by atoms with van der Waals surface area (Å²) in [4.78, 5) is 3.14. The van der Waals surface area contributed by atoms with Gasteiger partial charge >= 0.3 is 0 Å². The highest BCUT2D eigenvalue weighted by molar-refractivity contribution is 7.85. The number of aromatic amines is 1. The normalized spacial score (nSPS) is 12.1. The summed E-state index contributed by atoms with van der Waals surface area (Å²) in [6.45, 7) is 0.190. The van der Waals surface area contributed by atoms with Crippen molar-refractivity contribution in [2.24, 2.45) is 0 Å². The number of aromatic nitrogens is 1. The van der Waals surface area contributed by atoms with Crippen LogP contribution < -0.4 is 0 Å². The number of aryl methyl sites for hydroxylation is 1. The van der Waals surface area contributed by atoms with Crippen LogP contribution in [0.25, 0.3) is 10.9 Å². The Morgan fingerprint density at radius 3 is 2.89 bits per heavy atom. The number of H-pyrrole nitrogens is 1. The number of rotatable bonds is 5. The summed E-state index contributed by atoms with van der Waals surface area (Å²) in [5.41, 5.74) is 2.06. The van der Waals surface area contributed by atoms with Crippen LogP contribution in [0.1, 0.15) is 12.0 Å². The number of nitrogens with one attached hydrogen (secondary N) is 1. The molecule has 0 fully saturated rings. The molecule has 1 aromatic heterocycles. The van der Waals surface area contributed by atoms with E-state index in [0.29, 0.717) is 11.4 Å². The molecule has 0 radical (unpaired) electrons. The highest BCUT2D eigenvalue weighted by Gasteiger charge is 2.07. The summed E-state index contributed by atoms with van der Waals surface area (Å²) < 4.78 is 26.3. The maximum atomic E-state index is 10.8. The van der Waals surface area contributed by atoms with Crippen LogP contribution in [0.4, 0.5) is 0 Å². The van der Waals surface area contributed by atoms with Gasteiger partial charge in [-0.2, -0.15) is 8.42 Å². The Labute approximate surface area is 111 Å². The van der Waals surface area contributed by atoms with Crippen molar-refractivity contribution < 1.29 is 12.6 Å². The van der Waals surface area contributed by atoms with Gasteiger partial charge in [-0.1, -0.05) is 17.7 Å². The molecular formula is C12H14ClNO3S. The first kappa shape index (κ1) is 13.4. The van der Waals surface area contributed by atoms with Crippen LogP contribution in [0.15, 0.2) is 24.4 Å². The molecule has 0 aliphatic carbocycles. The van der Waals surface area contributed by atoms with Gasteiger partial charge in [-0.05, 0) is 30.5 Å². The average molecular weight is 288 g/mol. The minimum atomic E-state index is -3.35. The highest BCUT2D eigenvalue weighted by atomic mass is 35.5. The van der Waals surface area contributed by atoms with E-state index >= 15 is 0 Å². The first-order chi connectivity index (χ1) is 8.47. The summed E-state index contributed by atoms with van der Waals surface area (Å²) in [7, 11) is -3.35. The van der Waals surface area contributed by atoms with Crippen molar-refractivity contribution in [3.05, 3.63) is 35.0 Å². The molecule has 0 aliphatic heterocycles. The number of fused-ring (bicyclic) bond motifs is 1. The topological polar surface area (TPSA) is 59.2 Å². The molecule has 0 atom stereocenters. The van der Waals surface area contributed by atoms with Crippen molar-refractivity contribution in [1.82, 2.24) is 4.98 Å². The number of hydrogen-bond donors (Lipinski definition) is 1. The molecule has 0 spiro atoms. The molecule has 0 amide bonds. The van der Waals surface area contributed by atoms with Crippen LogP contribution in [-0.2, 0) is 20.7 Å². The largest absolute Gasteiger partial charge is 0.361 e. The fraction of sp³-hybridized carbons (Fsp3) is 0.333. The molecule has 0 saturated carbocycles. The molecule has 2 aromatic rings. The molecule has 1 heterocycles. The van der Waals surface area contributed by atoms with E-state index in [1.807, 2.05) is 24.4 Å².